The molecule has 0 bridgehead atoms. The van der Waals surface area contributed by atoms with Gasteiger partial charge in [-0.25, -0.2) is 0 Å². The predicted molar refractivity (Wildman–Crippen MR) is 45.4 cm³/mol. The summed E-state index contributed by atoms with van der Waals surface area (Å²) in [5.74, 6) is 0.630. The quantitative estimate of drug-likeness (QED) is 0.596. The lowest BCUT2D eigenvalue weighted by atomic mass is 9.68. The highest BCUT2D eigenvalue weighted by Crippen LogP contribution is 2.43. The molecule has 1 aliphatic carbocycles. The molecule has 1 saturated carbocycles. The minimum absolute atomic E-state index is 0.0829. The van der Waals surface area contributed by atoms with Gasteiger partial charge in [0.15, 0.2) is 0 Å². The molecule has 0 radical (unpaired) electrons. The van der Waals surface area contributed by atoms with Crippen LogP contribution in [0.2, 0.25) is 0 Å². The van der Waals surface area contributed by atoms with Crippen LogP contribution in [0, 0.1) is 22.7 Å². The lowest BCUT2D eigenvalue weighted by Crippen LogP contribution is -2.47. The van der Waals surface area contributed by atoms with Crippen LogP contribution in [0.5, 0.6) is 0 Å². The molecule has 0 aromatic rings. The van der Waals surface area contributed by atoms with Crippen LogP contribution in [0.4, 0.5) is 0 Å². The van der Waals surface area contributed by atoms with Gasteiger partial charge in [0.1, 0.15) is 5.41 Å². The lowest BCUT2D eigenvalue weighted by molar-refractivity contribution is -0.116. The number of ether oxygens (including phenoxy) is 1. The smallest absolute Gasteiger partial charge is 0.107 e. The molecule has 2 fully saturated rings. The van der Waals surface area contributed by atoms with E-state index in [1.165, 1.54) is 32.1 Å². The molecule has 1 saturated heterocycles. The second-order valence-electron chi connectivity index (χ2n) is 4.10. The first kappa shape index (κ1) is 8.07. The Morgan fingerprint density at radius 2 is 1.83 bits per heavy atom. The summed E-state index contributed by atoms with van der Waals surface area (Å²) in [5.41, 5.74) is -0.0829. The zero-order valence-corrected chi connectivity index (χ0v) is 7.38. The largest absolute Gasteiger partial charge is 0.378 e. The summed E-state index contributed by atoms with van der Waals surface area (Å²) < 4.78 is 5.16. The van der Waals surface area contributed by atoms with Crippen molar-refractivity contribution < 1.29 is 4.74 Å². The van der Waals surface area contributed by atoms with Crippen molar-refractivity contribution in [1.29, 1.82) is 5.26 Å². The van der Waals surface area contributed by atoms with Gasteiger partial charge in [-0.1, -0.05) is 19.3 Å². The molecule has 1 aliphatic heterocycles. The summed E-state index contributed by atoms with van der Waals surface area (Å²) in [6.45, 7) is 1.38. The average molecular weight is 165 g/mol. The molecule has 2 nitrogen and oxygen atoms in total. The van der Waals surface area contributed by atoms with E-state index in [1.807, 2.05) is 0 Å². The molecular formula is C10H15NO. The Kier molecular flexibility index (Phi) is 2.06. The Morgan fingerprint density at radius 1 is 1.17 bits per heavy atom. The van der Waals surface area contributed by atoms with Gasteiger partial charge in [-0.2, -0.15) is 5.26 Å². The van der Waals surface area contributed by atoms with E-state index in [1.54, 1.807) is 0 Å². The van der Waals surface area contributed by atoms with Crippen molar-refractivity contribution in [3.05, 3.63) is 0 Å². The predicted octanol–water partition coefficient (Wildman–Crippen LogP) is 2.11. The maximum Gasteiger partial charge on any atom is 0.107 e. The fourth-order valence-corrected chi connectivity index (χ4v) is 2.37. The van der Waals surface area contributed by atoms with E-state index in [9.17, 15) is 0 Å². The van der Waals surface area contributed by atoms with Crippen LogP contribution < -0.4 is 0 Å². The molecule has 66 valence electrons. The average Bonchev–Trinajstić information content (AvgIpc) is 2.05. The third kappa shape index (κ3) is 1.13. The van der Waals surface area contributed by atoms with Gasteiger partial charge in [0.2, 0.25) is 0 Å². The highest BCUT2D eigenvalue weighted by atomic mass is 16.5. The van der Waals surface area contributed by atoms with Crippen molar-refractivity contribution in [1.82, 2.24) is 0 Å². The van der Waals surface area contributed by atoms with Crippen LogP contribution in [-0.2, 0) is 4.74 Å². The van der Waals surface area contributed by atoms with Gasteiger partial charge in [-0.05, 0) is 18.8 Å². The minimum atomic E-state index is -0.0829. The SMILES string of the molecule is N#CC1(C2CCCCC2)COC1. The number of hydrogen-bond acceptors (Lipinski definition) is 2. The van der Waals surface area contributed by atoms with Crippen LogP contribution in [0.3, 0.4) is 0 Å². The van der Waals surface area contributed by atoms with E-state index in [2.05, 4.69) is 6.07 Å². The van der Waals surface area contributed by atoms with Crippen molar-refractivity contribution in [3.63, 3.8) is 0 Å². The summed E-state index contributed by atoms with van der Waals surface area (Å²) in [7, 11) is 0. The Hall–Kier alpha value is -0.550. The Labute approximate surface area is 73.5 Å². The van der Waals surface area contributed by atoms with Gasteiger partial charge in [-0.3, -0.25) is 0 Å². The summed E-state index contributed by atoms with van der Waals surface area (Å²) in [4.78, 5) is 0. The number of hydrogen-bond donors (Lipinski definition) is 0. The highest BCUT2D eigenvalue weighted by Gasteiger charge is 2.46. The number of nitrogens with zero attached hydrogens (tertiary/aromatic N) is 1. The van der Waals surface area contributed by atoms with Crippen LogP contribution in [0.15, 0.2) is 0 Å². The number of rotatable bonds is 1. The van der Waals surface area contributed by atoms with Crippen molar-refractivity contribution in [2.45, 2.75) is 32.1 Å². The monoisotopic (exact) mass is 165 g/mol. The summed E-state index contributed by atoms with van der Waals surface area (Å²) in [5, 5.41) is 9.06. The Balaban J connectivity index is 2.01. The van der Waals surface area contributed by atoms with Crippen molar-refractivity contribution in [3.8, 4) is 6.07 Å². The molecule has 0 atom stereocenters. The minimum Gasteiger partial charge on any atom is -0.378 e. The van der Waals surface area contributed by atoms with Gasteiger partial charge in [0, 0.05) is 0 Å². The maximum absolute atomic E-state index is 9.06. The van der Waals surface area contributed by atoms with E-state index in [0.29, 0.717) is 19.1 Å². The molecule has 12 heavy (non-hydrogen) atoms. The van der Waals surface area contributed by atoms with Gasteiger partial charge >= 0.3 is 0 Å². The molecule has 0 spiro atoms. The normalized spacial score (nSPS) is 28.9. The third-order valence-electron chi connectivity index (χ3n) is 3.33. The fourth-order valence-electron chi connectivity index (χ4n) is 2.37. The van der Waals surface area contributed by atoms with E-state index in [0.717, 1.165) is 0 Å². The molecule has 1 heterocycles. The van der Waals surface area contributed by atoms with E-state index in [-0.39, 0.29) is 5.41 Å². The van der Waals surface area contributed by atoms with Crippen molar-refractivity contribution in [2.75, 3.05) is 13.2 Å². The van der Waals surface area contributed by atoms with Gasteiger partial charge in [0.05, 0.1) is 19.3 Å². The zero-order chi connectivity index (χ0) is 8.44. The molecule has 2 rings (SSSR count). The van der Waals surface area contributed by atoms with Crippen LogP contribution in [0.1, 0.15) is 32.1 Å². The second-order valence-corrected chi connectivity index (χ2v) is 4.10. The van der Waals surface area contributed by atoms with Crippen LogP contribution in [0.25, 0.3) is 0 Å². The molecule has 0 aromatic heterocycles. The Bertz CT molecular complexity index is 196. The Morgan fingerprint density at radius 3 is 2.25 bits per heavy atom. The van der Waals surface area contributed by atoms with E-state index >= 15 is 0 Å². The summed E-state index contributed by atoms with van der Waals surface area (Å²) >= 11 is 0. The first-order chi connectivity index (χ1) is 5.87. The van der Waals surface area contributed by atoms with Crippen molar-refractivity contribution >= 4 is 0 Å². The highest BCUT2D eigenvalue weighted by molar-refractivity contribution is 5.07. The fraction of sp³-hybridized carbons (Fsp3) is 0.900. The first-order valence-electron chi connectivity index (χ1n) is 4.86. The number of nitriles is 1. The molecule has 2 heteroatoms. The van der Waals surface area contributed by atoms with Gasteiger partial charge in [0.25, 0.3) is 0 Å². The van der Waals surface area contributed by atoms with E-state index < -0.39 is 0 Å². The summed E-state index contributed by atoms with van der Waals surface area (Å²) in [6.07, 6.45) is 6.48. The first-order valence-corrected chi connectivity index (χ1v) is 4.86. The maximum atomic E-state index is 9.06. The standard InChI is InChI=1S/C10H15NO/c11-6-10(7-12-8-10)9-4-2-1-3-5-9/h9H,1-5,7-8H2. The van der Waals surface area contributed by atoms with Crippen LogP contribution >= 0.6 is 0 Å². The van der Waals surface area contributed by atoms with Gasteiger partial charge in [-0.15, -0.1) is 0 Å². The van der Waals surface area contributed by atoms with E-state index in [4.69, 9.17) is 10.00 Å². The van der Waals surface area contributed by atoms with Crippen molar-refractivity contribution in [2.24, 2.45) is 11.3 Å². The molecule has 0 N–H and O–H groups in total. The second kappa shape index (κ2) is 3.06. The molecule has 0 amide bonds. The lowest BCUT2D eigenvalue weighted by Gasteiger charge is -2.43. The topological polar surface area (TPSA) is 33.0 Å². The molecule has 2 aliphatic rings. The summed E-state index contributed by atoms with van der Waals surface area (Å²) in [6, 6.07) is 2.46. The van der Waals surface area contributed by atoms with Crippen LogP contribution in [-0.4, -0.2) is 13.2 Å². The zero-order valence-electron chi connectivity index (χ0n) is 7.38. The molecule has 0 aromatic carbocycles. The third-order valence-corrected chi connectivity index (χ3v) is 3.33. The van der Waals surface area contributed by atoms with Gasteiger partial charge < -0.3 is 4.74 Å². The molecular weight excluding hydrogens is 150 g/mol. The molecule has 0 unspecified atom stereocenters.